The Labute approximate surface area is 151 Å². The number of anilines is 1. The lowest BCUT2D eigenvalue weighted by Crippen LogP contribution is -2.14. The molecule has 0 radical (unpaired) electrons. The first-order chi connectivity index (χ1) is 11.9. The average molecular weight is 339 g/mol. The van der Waals surface area contributed by atoms with E-state index in [2.05, 4.69) is 33.0 Å². The Kier molecular flexibility index (Phi) is 6.63. The minimum atomic E-state index is -0.0999. The fourth-order valence-electron chi connectivity index (χ4n) is 2.50. The van der Waals surface area contributed by atoms with Crippen LogP contribution in [0.4, 0.5) is 5.69 Å². The first-order valence-electron chi connectivity index (χ1n) is 9.05. The Morgan fingerprint density at radius 3 is 2.16 bits per heavy atom. The summed E-state index contributed by atoms with van der Waals surface area (Å²) in [4.78, 5) is 12.4. The molecule has 2 aromatic rings. The van der Waals surface area contributed by atoms with E-state index in [1.54, 1.807) is 0 Å². The highest BCUT2D eigenvalue weighted by molar-refractivity contribution is 6.04. The van der Waals surface area contributed by atoms with Gasteiger partial charge in [-0.2, -0.15) is 0 Å². The van der Waals surface area contributed by atoms with Gasteiger partial charge in [0.2, 0.25) is 0 Å². The summed E-state index contributed by atoms with van der Waals surface area (Å²) in [5.74, 6) is 0.737. The van der Waals surface area contributed by atoms with Gasteiger partial charge in [0.05, 0.1) is 6.61 Å². The predicted molar refractivity (Wildman–Crippen MR) is 105 cm³/mol. The second-order valence-electron chi connectivity index (χ2n) is 7.36. The lowest BCUT2D eigenvalue weighted by molar-refractivity contribution is 0.102. The molecule has 0 fully saturated rings. The lowest BCUT2D eigenvalue weighted by atomic mass is 9.87. The maximum absolute atomic E-state index is 12.4. The van der Waals surface area contributed by atoms with Crippen LogP contribution >= 0.6 is 0 Å². The van der Waals surface area contributed by atoms with E-state index in [1.165, 1.54) is 18.4 Å². The number of hydrogen-bond acceptors (Lipinski definition) is 2. The molecule has 0 bridgehead atoms. The van der Waals surface area contributed by atoms with Crippen LogP contribution in [0, 0.1) is 0 Å². The summed E-state index contributed by atoms with van der Waals surface area (Å²) in [5, 5.41) is 2.93. The minimum absolute atomic E-state index is 0.0853. The Hall–Kier alpha value is -2.29. The molecule has 0 saturated carbocycles. The van der Waals surface area contributed by atoms with Crippen molar-refractivity contribution in [3.05, 3.63) is 59.7 Å². The van der Waals surface area contributed by atoms with Crippen LogP contribution in [0.5, 0.6) is 5.75 Å². The van der Waals surface area contributed by atoms with E-state index in [0.717, 1.165) is 24.5 Å². The molecule has 1 N–H and O–H groups in total. The summed E-state index contributed by atoms with van der Waals surface area (Å²) in [6.07, 6.45) is 3.44. The molecule has 3 nitrogen and oxygen atoms in total. The molecule has 0 unspecified atom stereocenters. The third-order valence-electron chi connectivity index (χ3n) is 4.14. The zero-order valence-corrected chi connectivity index (χ0v) is 15.8. The van der Waals surface area contributed by atoms with Gasteiger partial charge in [-0.1, -0.05) is 52.7 Å². The number of rotatable bonds is 7. The third kappa shape index (κ3) is 5.93. The van der Waals surface area contributed by atoms with Crippen molar-refractivity contribution in [2.24, 2.45) is 0 Å². The lowest BCUT2D eigenvalue weighted by Gasteiger charge is -2.19. The molecule has 0 spiro atoms. The van der Waals surface area contributed by atoms with Crippen LogP contribution in [0.25, 0.3) is 0 Å². The molecule has 25 heavy (non-hydrogen) atoms. The van der Waals surface area contributed by atoms with Gasteiger partial charge in [-0.3, -0.25) is 4.79 Å². The van der Waals surface area contributed by atoms with Gasteiger partial charge in [0, 0.05) is 11.3 Å². The van der Waals surface area contributed by atoms with Crippen LogP contribution in [0.3, 0.4) is 0 Å². The van der Waals surface area contributed by atoms with Gasteiger partial charge >= 0.3 is 0 Å². The van der Waals surface area contributed by atoms with Gasteiger partial charge in [-0.25, -0.2) is 0 Å². The summed E-state index contributed by atoms with van der Waals surface area (Å²) in [6, 6.07) is 15.3. The highest BCUT2D eigenvalue weighted by Crippen LogP contribution is 2.23. The molecule has 0 aromatic heterocycles. The van der Waals surface area contributed by atoms with Crippen LogP contribution in [0.1, 0.15) is 62.9 Å². The van der Waals surface area contributed by atoms with Crippen molar-refractivity contribution >= 4 is 11.6 Å². The Bertz CT molecular complexity index is 667. The highest BCUT2D eigenvalue weighted by atomic mass is 16.5. The van der Waals surface area contributed by atoms with E-state index in [4.69, 9.17) is 4.74 Å². The number of unbranched alkanes of at least 4 members (excludes halogenated alkanes) is 2. The quantitative estimate of drug-likeness (QED) is 0.647. The van der Waals surface area contributed by atoms with Gasteiger partial charge in [0.15, 0.2) is 0 Å². The summed E-state index contributed by atoms with van der Waals surface area (Å²) in [7, 11) is 0. The van der Waals surface area contributed by atoms with Gasteiger partial charge in [-0.05, 0) is 53.8 Å². The van der Waals surface area contributed by atoms with Crippen molar-refractivity contribution in [1.82, 2.24) is 0 Å². The van der Waals surface area contributed by atoms with Crippen molar-refractivity contribution in [3.8, 4) is 5.75 Å². The van der Waals surface area contributed by atoms with Gasteiger partial charge < -0.3 is 10.1 Å². The number of ether oxygens (including phenoxy) is 1. The molecule has 1 amide bonds. The molecular formula is C22H29NO2. The Morgan fingerprint density at radius 1 is 0.960 bits per heavy atom. The average Bonchev–Trinajstić information content (AvgIpc) is 2.59. The normalized spacial score (nSPS) is 11.2. The second kappa shape index (κ2) is 8.70. The van der Waals surface area contributed by atoms with Crippen LogP contribution in [0.15, 0.2) is 48.5 Å². The van der Waals surface area contributed by atoms with Gasteiger partial charge in [0.1, 0.15) is 5.75 Å². The summed E-state index contributed by atoms with van der Waals surface area (Å²) in [6.45, 7) is 9.39. The van der Waals surface area contributed by atoms with Crippen molar-refractivity contribution in [2.75, 3.05) is 11.9 Å². The van der Waals surface area contributed by atoms with Crippen molar-refractivity contribution in [3.63, 3.8) is 0 Å². The topological polar surface area (TPSA) is 38.3 Å². The van der Waals surface area contributed by atoms with E-state index >= 15 is 0 Å². The molecule has 0 heterocycles. The van der Waals surface area contributed by atoms with Gasteiger partial charge in [-0.15, -0.1) is 0 Å². The van der Waals surface area contributed by atoms with Crippen molar-refractivity contribution in [1.29, 1.82) is 0 Å². The molecule has 0 aliphatic rings. The molecule has 3 heteroatoms. The highest BCUT2D eigenvalue weighted by Gasteiger charge is 2.14. The molecule has 2 aromatic carbocycles. The molecule has 0 aliphatic heterocycles. The number of amides is 1. The fraction of sp³-hybridized carbons (Fsp3) is 0.409. The number of carbonyl (C=O) groups is 1. The summed E-state index contributed by atoms with van der Waals surface area (Å²) >= 11 is 0. The molecular weight excluding hydrogens is 310 g/mol. The SMILES string of the molecule is CCCCCOc1ccc(NC(=O)c2ccc(C(C)(C)C)cc2)cc1. The van der Waals surface area contributed by atoms with E-state index in [0.29, 0.717) is 5.56 Å². The van der Waals surface area contributed by atoms with Crippen LogP contribution in [-0.4, -0.2) is 12.5 Å². The largest absolute Gasteiger partial charge is 0.494 e. The summed E-state index contributed by atoms with van der Waals surface area (Å²) in [5.41, 5.74) is 2.73. The summed E-state index contributed by atoms with van der Waals surface area (Å²) < 4.78 is 5.68. The van der Waals surface area contributed by atoms with Crippen molar-refractivity contribution < 1.29 is 9.53 Å². The smallest absolute Gasteiger partial charge is 0.255 e. The maximum Gasteiger partial charge on any atom is 0.255 e. The van der Waals surface area contributed by atoms with Crippen LogP contribution in [-0.2, 0) is 5.41 Å². The predicted octanol–water partition coefficient (Wildman–Crippen LogP) is 5.81. The minimum Gasteiger partial charge on any atom is -0.494 e. The zero-order valence-electron chi connectivity index (χ0n) is 15.8. The van der Waals surface area contributed by atoms with E-state index in [1.807, 2.05) is 48.5 Å². The van der Waals surface area contributed by atoms with Gasteiger partial charge in [0.25, 0.3) is 5.91 Å². The number of hydrogen-bond donors (Lipinski definition) is 1. The standard InChI is InChI=1S/C22H29NO2/c1-5-6-7-16-25-20-14-12-19(13-15-20)23-21(24)17-8-10-18(11-9-17)22(2,3)4/h8-15H,5-7,16H2,1-4H3,(H,23,24). The molecule has 134 valence electrons. The Balaban J connectivity index is 1.92. The third-order valence-corrected chi connectivity index (χ3v) is 4.14. The van der Waals surface area contributed by atoms with E-state index in [-0.39, 0.29) is 11.3 Å². The molecule has 2 rings (SSSR count). The molecule has 0 aliphatic carbocycles. The maximum atomic E-state index is 12.4. The number of nitrogens with one attached hydrogen (secondary N) is 1. The monoisotopic (exact) mass is 339 g/mol. The molecule has 0 saturated heterocycles. The van der Waals surface area contributed by atoms with E-state index < -0.39 is 0 Å². The van der Waals surface area contributed by atoms with E-state index in [9.17, 15) is 4.79 Å². The zero-order chi connectivity index (χ0) is 18.3. The molecule has 0 atom stereocenters. The van der Waals surface area contributed by atoms with Crippen molar-refractivity contribution in [2.45, 2.75) is 52.4 Å². The fourth-order valence-corrected chi connectivity index (χ4v) is 2.50. The number of carbonyl (C=O) groups excluding carboxylic acids is 1. The van der Waals surface area contributed by atoms with Crippen LogP contribution < -0.4 is 10.1 Å². The first kappa shape index (κ1) is 19.0. The first-order valence-corrected chi connectivity index (χ1v) is 9.05. The van der Waals surface area contributed by atoms with Crippen LogP contribution in [0.2, 0.25) is 0 Å². The second-order valence-corrected chi connectivity index (χ2v) is 7.36. The number of benzene rings is 2. The Morgan fingerprint density at radius 2 is 1.60 bits per heavy atom.